The average Bonchev–Trinajstić information content (AvgIpc) is 2.41. The lowest BCUT2D eigenvalue weighted by Gasteiger charge is -2.08. The molecule has 0 aliphatic carbocycles. The zero-order chi connectivity index (χ0) is 13.8. The van der Waals surface area contributed by atoms with Crippen molar-refractivity contribution in [2.24, 2.45) is 5.73 Å². The van der Waals surface area contributed by atoms with Crippen LogP contribution in [0.5, 0.6) is 0 Å². The highest BCUT2D eigenvalue weighted by molar-refractivity contribution is 6.05. The fourth-order valence-corrected chi connectivity index (χ4v) is 1.76. The summed E-state index contributed by atoms with van der Waals surface area (Å²) in [5.41, 5.74) is 7.57. The normalized spacial score (nSPS) is 9.95. The Kier molecular flexibility index (Phi) is 3.61. The van der Waals surface area contributed by atoms with Crippen molar-refractivity contribution in [3.8, 4) is 0 Å². The molecule has 4 nitrogen and oxygen atoms in total. The van der Waals surface area contributed by atoms with E-state index in [4.69, 9.17) is 5.73 Å². The van der Waals surface area contributed by atoms with E-state index in [9.17, 15) is 9.59 Å². The van der Waals surface area contributed by atoms with Crippen molar-refractivity contribution in [1.82, 2.24) is 0 Å². The Morgan fingerprint density at radius 2 is 1.74 bits per heavy atom. The number of primary amides is 1. The second-order valence-electron chi connectivity index (χ2n) is 4.21. The molecule has 96 valence electrons. The maximum absolute atomic E-state index is 12.0. The number of hydrogen-bond donors (Lipinski definition) is 2. The molecule has 2 rings (SSSR count). The topological polar surface area (TPSA) is 72.2 Å². The molecule has 4 heteroatoms. The first-order valence-electron chi connectivity index (χ1n) is 5.85. The average molecular weight is 254 g/mol. The van der Waals surface area contributed by atoms with Crippen molar-refractivity contribution in [1.29, 1.82) is 0 Å². The Morgan fingerprint density at radius 3 is 2.37 bits per heavy atom. The lowest BCUT2D eigenvalue weighted by Crippen LogP contribution is -2.15. The van der Waals surface area contributed by atoms with Crippen LogP contribution in [0.4, 0.5) is 5.69 Å². The van der Waals surface area contributed by atoms with Gasteiger partial charge < -0.3 is 11.1 Å². The van der Waals surface area contributed by atoms with Gasteiger partial charge in [0, 0.05) is 16.8 Å². The van der Waals surface area contributed by atoms with E-state index >= 15 is 0 Å². The molecule has 2 aromatic rings. The number of benzene rings is 2. The first kappa shape index (κ1) is 12.8. The molecule has 0 heterocycles. The SMILES string of the molecule is Cc1ccc(NC(=O)c2ccccc2)cc1C(N)=O. The highest BCUT2D eigenvalue weighted by Gasteiger charge is 2.09. The van der Waals surface area contributed by atoms with Gasteiger partial charge in [-0.25, -0.2) is 0 Å². The maximum atomic E-state index is 12.0. The molecule has 0 spiro atoms. The highest BCUT2D eigenvalue weighted by Crippen LogP contribution is 2.15. The maximum Gasteiger partial charge on any atom is 0.255 e. The number of carbonyl (C=O) groups is 2. The summed E-state index contributed by atoms with van der Waals surface area (Å²) < 4.78 is 0. The Balaban J connectivity index is 2.23. The number of carbonyl (C=O) groups excluding carboxylic acids is 2. The molecule has 0 fully saturated rings. The van der Waals surface area contributed by atoms with Crippen molar-refractivity contribution in [2.45, 2.75) is 6.92 Å². The molecule has 0 saturated heterocycles. The smallest absolute Gasteiger partial charge is 0.255 e. The third kappa shape index (κ3) is 2.98. The Labute approximate surface area is 111 Å². The van der Waals surface area contributed by atoms with Gasteiger partial charge in [-0.3, -0.25) is 9.59 Å². The van der Waals surface area contributed by atoms with Gasteiger partial charge in [-0.05, 0) is 36.8 Å². The minimum absolute atomic E-state index is 0.222. The zero-order valence-electron chi connectivity index (χ0n) is 10.5. The van der Waals surface area contributed by atoms with Gasteiger partial charge in [-0.1, -0.05) is 24.3 Å². The summed E-state index contributed by atoms with van der Waals surface area (Å²) in [7, 11) is 0. The van der Waals surface area contributed by atoms with Crippen LogP contribution in [-0.4, -0.2) is 11.8 Å². The van der Waals surface area contributed by atoms with Crippen molar-refractivity contribution in [3.63, 3.8) is 0 Å². The molecule has 0 radical (unpaired) electrons. The van der Waals surface area contributed by atoms with Gasteiger partial charge in [0.1, 0.15) is 0 Å². The molecule has 0 aliphatic heterocycles. The summed E-state index contributed by atoms with van der Waals surface area (Å²) in [6.07, 6.45) is 0. The molecule has 0 saturated carbocycles. The minimum atomic E-state index is -0.506. The standard InChI is InChI=1S/C15H14N2O2/c1-10-7-8-12(9-13(10)14(16)18)17-15(19)11-5-3-2-4-6-11/h2-9H,1H3,(H2,16,18)(H,17,19). The third-order valence-electron chi connectivity index (χ3n) is 2.80. The first-order valence-corrected chi connectivity index (χ1v) is 5.85. The number of hydrogen-bond acceptors (Lipinski definition) is 2. The number of nitrogens with two attached hydrogens (primary N) is 1. The van der Waals surface area contributed by atoms with Gasteiger partial charge in [0.15, 0.2) is 0 Å². The molecule has 3 N–H and O–H groups in total. The second kappa shape index (κ2) is 5.35. The Bertz CT molecular complexity index is 621. The van der Waals surface area contributed by atoms with Crippen molar-refractivity contribution >= 4 is 17.5 Å². The van der Waals surface area contributed by atoms with Crippen molar-refractivity contribution in [3.05, 3.63) is 65.2 Å². The fraction of sp³-hybridized carbons (Fsp3) is 0.0667. The van der Waals surface area contributed by atoms with Crippen molar-refractivity contribution < 1.29 is 9.59 Å². The summed E-state index contributed by atoms with van der Waals surface area (Å²) in [5, 5.41) is 2.73. The van der Waals surface area contributed by atoms with Gasteiger partial charge in [0.05, 0.1) is 0 Å². The summed E-state index contributed by atoms with van der Waals surface area (Å²) in [6, 6.07) is 13.9. The second-order valence-corrected chi connectivity index (χ2v) is 4.21. The van der Waals surface area contributed by atoms with E-state index in [1.54, 1.807) is 49.4 Å². The van der Waals surface area contributed by atoms with Crippen LogP contribution in [0.25, 0.3) is 0 Å². The number of nitrogens with one attached hydrogen (secondary N) is 1. The summed E-state index contributed by atoms with van der Waals surface area (Å²) in [5.74, 6) is -0.729. The van der Waals surface area contributed by atoms with Crippen LogP contribution in [0.3, 0.4) is 0 Å². The number of amides is 2. The van der Waals surface area contributed by atoms with Crippen molar-refractivity contribution in [2.75, 3.05) is 5.32 Å². The lowest BCUT2D eigenvalue weighted by atomic mass is 10.1. The monoisotopic (exact) mass is 254 g/mol. The summed E-state index contributed by atoms with van der Waals surface area (Å²) in [6.45, 7) is 1.79. The fourth-order valence-electron chi connectivity index (χ4n) is 1.76. The molecular weight excluding hydrogens is 240 g/mol. The van der Waals surface area contributed by atoms with E-state index in [0.29, 0.717) is 16.8 Å². The lowest BCUT2D eigenvalue weighted by molar-refractivity contribution is 0.0995. The molecule has 0 atom stereocenters. The Hall–Kier alpha value is -2.62. The predicted octanol–water partition coefficient (Wildman–Crippen LogP) is 2.35. The zero-order valence-corrected chi connectivity index (χ0v) is 10.5. The molecule has 0 bridgehead atoms. The largest absolute Gasteiger partial charge is 0.366 e. The molecular formula is C15H14N2O2. The van der Waals surface area contributed by atoms with Gasteiger partial charge >= 0.3 is 0 Å². The van der Waals surface area contributed by atoms with Gasteiger partial charge in [-0.15, -0.1) is 0 Å². The number of rotatable bonds is 3. The third-order valence-corrected chi connectivity index (χ3v) is 2.80. The van der Waals surface area contributed by atoms with Crippen LogP contribution in [-0.2, 0) is 0 Å². The molecule has 0 aliphatic rings. The number of aryl methyl sites for hydroxylation is 1. The van der Waals surface area contributed by atoms with Crippen LogP contribution < -0.4 is 11.1 Å². The minimum Gasteiger partial charge on any atom is -0.366 e. The summed E-state index contributed by atoms with van der Waals surface area (Å²) >= 11 is 0. The molecule has 19 heavy (non-hydrogen) atoms. The molecule has 2 amide bonds. The quantitative estimate of drug-likeness (QED) is 0.882. The summed E-state index contributed by atoms with van der Waals surface area (Å²) in [4.78, 5) is 23.2. The van der Waals surface area contributed by atoms with Gasteiger partial charge in [0.25, 0.3) is 5.91 Å². The van der Waals surface area contributed by atoms with Crippen LogP contribution in [0.15, 0.2) is 48.5 Å². The van der Waals surface area contributed by atoms with E-state index in [0.717, 1.165) is 5.56 Å². The predicted molar refractivity (Wildman–Crippen MR) is 74.1 cm³/mol. The van der Waals surface area contributed by atoms with Gasteiger partial charge in [0.2, 0.25) is 5.91 Å². The van der Waals surface area contributed by atoms with E-state index in [-0.39, 0.29) is 5.91 Å². The Morgan fingerprint density at radius 1 is 1.05 bits per heavy atom. The molecule has 0 aromatic heterocycles. The van der Waals surface area contributed by atoms with Crippen LogP contribution in [0.1, 0.15) is 26.3 Å². The van der Waals surface area contributed by atoms with Crippen LogP contribution in [0.2, 0.25) is 0 Å². The van der Waals surface area contributed by atoms with E-state index in [1.807, 2.05) is 6.07 Å². The first-order chi connectivity index (χ1) is 9.08. The number of anilines is 1. The molecule has 2 aromatic carbocycles. The van der Waals surface area contributed by atoms with E-state index in [1.165, 1.54) is 0 Å². The van der Waals surface area contributed by atoms with Crippen LogP contribution in [0, 0.1) is 6.92 Å². The van der Waals surface area contributed by atoms with E-state index in [2.05, 4.69) is 5.32 Å². The molecule has 0 unspecified atom stereocenters. The highest BCUT2D eigenvalue weighted by atomic mass is 16.2. The van der Waals surface area contributed by atoms with E-state index < -0.39 is 5.91 Å². The van der Waals surface area contributed by atoms with Gasteiger partial charge in [-0.2, -0.15) is 0 Å². The van der Waals surface area contributed by atoms with Crippen LogP contribution >= 0.6 is 0 Å².